The molecule has 6 aromatic rings. The van der Waals surface area contributed by atoms with Gasteiger partial charge in [-0.15, -0.1) is 10.2 Å². The van der Waals surface area contributed by atoms with Crippen LogP contribution in [0.4, 0.5) is 17.2 Å². The van der Waals surface area contributed by atoms with Gasteiger partial charge in [0.15, 0.2) is 11.6 Å². The van der Waals surface area contributed by atoms with Gasteiger partial charge in [-0.3, -0.25) is 4.98 Å². The molecule has 3 aromatic heterocycles. The molecule has 42 heavy (non-hydrogen) atoms. The number of aromatic nitrogens is 4. The van der Waals surface area contributed by atoms with E-state index < -0.39 is 0 Å². The van der Waals surface area contributed by atoms with Gasteiger partial charge in [0, 0.05) is 59.1 Å². The summed E-state index contributed by atoms with van der Waals surface area (Å²) in [6.45, 7) is 2.26. The topological polar surface area (TPSA) is 85.3 Å². The first kappa shape index (κ1) is 25.7. The number of hydrogen-bond acceptors (Lipinski definition) is 8. The van der Waals surface area contributed by atoms with Crippen LogP contribution < -0.4 is 19.7 Å². The average Bonchev–Trinajstić information content (AvgIpc) is 3.06. The molecule has 7 rings (SSSR count). The Bertz CT molecular complexity index is 1850. The van der Waals surface area contributed by atoms with Crippen LogP contribution in [0.2, 0.25) is 0 Å². The van der Waals surface area contributed by atoms with Crippen molar-refractivity contribution in [1.82, 2.24) is 20.2 Å². The molecule has 4 heterocycles. The zero-order valence-electron chi connectivity index (χ0n) is 23.3. The lowest BCUT2D eigenvalue weighted by Gasteiger charge is -2.28. The van der Waals surface area contributed by atoms with E-state index in [-0.39, 0.29) is 0 Å². The fourth-order valence-corrected chi connectivity index (χ4v) is 5.44. The standard InChI is InChI=1S/C34H30N6O2/c1-41-27-21-30-33(36-22-27)31(17-18-35-30)42-26-15-11-24(12-16-26)37-34-29-8-4-3-7-28(29)32(38-39-34)23-9-13-25(14-10-23)40-19-5-2-6-20-40/h3-4,7-18,21-22H,2,5-6,19-20H2,1H3,(H,37,39). The summed E-state index contributed by atoms with van der Waals surface area (Å²) in [6, 6.07) is 28.3. The summed E-state index contributed by atoms with van der Waals surface area (Å²) in [4.78, 5) is 11.3. The van der Waals surface area contributed by atoms with Gasteiger partial charge in [-0.25, -0.2) is 4.98 Å². The summed E-state index contributed by atoms with van der Waals surface area (Å²) in [6.07, 6.45) is 7.21. The van der Waals surface area contributed by atoms with E-state index in [9.17, 15) is 0 Å². The molecule has 1 aliphatic heterocycles. The number of benzene rings is 3. The molecule has 0 spiro atoms. The Morgan fingerprint density at radius 3 is 2.33 bits per heavy atom. The largest absolute Gasteiger partial charge is 0.495 e. The third-order valence-corrected chi connectivity index (χ3v) is 7.65. The number of fused-ring (bicyclic) bond motifs is 2. The van der Waals surface area contributed by atoms with Crippen molar-refractivity contribution >= 4 is 39.0 Å². The van der Waals surface area contributed by atoms with E-state index in [1.165, 1.54) is 24.9 Å². The highest BCUT2D eigenvalue weighted by atomic mass is 16.5. The average molecular weight is 555 g/mol. The summed E-state index contributed by atoms with van der Waals surface area (Å²) in [5, 5.41) is 14.8. The lowest BCUT2D eigenvalue weighted by Crippen LogP contribution is -2.29. The van der Waals surface area contributed by atoms with Crippen LogP contribution in [0.1, 0.15) is 19.3 Å². The number of methoxy groups -OCH3 is 1. The number of nitrogens with zero attached hydrogens (tertiary/aromatic N) is 5. The summed E-state index contributed by atoms with van der Waals surface area (Å²) in [5.74, 6) is 2.66. The molecule has 0 amide bonds. The van der Waals surface area contributed by atoms with Crippen molar-refractivity contribution in [1.29, 1.82) is 0 Å². The predicted octanol–water partition coefficient (Wildman–Crippen LogP) is 7.77. The summed E-state index contributed by atoms with van der Waals surface area (Å²) in [7, 11) is 1.61. The van der Waals surface area contributed by atoms with E-state index in [2.05, 4.69) is 66.8 Å². The SMILES string of the molecule is COc1cnc2c(Oc3ccc(Nc4nnc(-c5ccc(N6CCCCC6)cc5)c5ccccc45)cc3)ccnc2c1. The van der Waals surface area contributed by atoms with Crippen LogP contribution in [0, 0.1) is 0 Å². The maximum atomic E-state index is 6.15. The molecular weight excluding hydrogens is 524 g/mol. The van der Waals surface area contributed by atoms with Crippen LogP contribution in [0.15, 0.2) is 97.3 Å². The van der Waals surface area contributed by atoms with Crippen LogP contribution in [-0.4, -0.2) is 40.4 Å². The normalized spacial score (nSPS) is 13.3. The Balaban J connectivity index is 1.11. The molecule has 8 nitrogen and oxygen atoms in total. The molecule has 1 fully saturated rings. The zero-order chi connectivity index (χ0) is 28.3. The van der Waals surface area contributed by atoms with E-state index in [0.29, 0.717) is 34.1 Å². The van der Waals surface area contributed by atoms with Crippen LogP contribution in [0.5, 0.6) is 17.2 Å². The zero-order valence-corrected chi connectivity index (χ0v) is 23.3. The summed E-state index contributed by atoms with van der Waals surface area (Å²) in [5.41, 5.74) is 5.46. The second-order valence-corrected chi connectivity index (χ2v) is 10.3. The van der Waals surface area contributed by atoms with E-state index in [0.717, 1.165) is 40.8 Å². The molecule has 1 N–H and O–H groups in total. The molecule has 0 atom stereocenters. The fourth-order valence-electron chi connectivity index (χ4n) is 5.44. The number of ether oxygens (including phenoxy) is 2. The minimum atomic E-state index is 0.625. The van der Waals surface area contributed by atoms with E-state index in [1.54, 1.807) is 25.6 Å². The van der Waals surface area contributed by atoms with Gasteiger partial charge in [0.2, 0.25) is 0 Å². The minimum Gasteiger partial charge on any atom is -0.495 e. The van der Waals surface area contributed by atoms with Crippen LogP contribution in [0.3, 0.4) is 0 Å². The van der Waals surface area contributed by atoms with Gasteiger partial charge in [-0.05, 0) is 55.7 Å². The first-order valence-electron chi connectivity index (χ1n) is 14.2. The van der Waals surface area contributed by atoms with Crippen molar-refractivity contribution in [3.05, 3.63) is 97.3 Å². The molecule has 1 aliphatic rings. The molecule has 3 aromatic carbocycles. The summed E-state index contributed by atoms with van der Waals surface area (Å²) < 4.78 is 11.4. The Hall–Kier alpha value is -5.24. The van der Waals surface area contributed by atoms with Gasteiger partial charge < -0.3 is 19.7 Å². The van der Waals surface area contributed by atoms with E-state index >= 15 is 0 Å². The van der Waals surface area contributed by atoms with Gasteiger partial charge in [0.05, 0.1) is 18.8 Å². The quantitative estimate of drug-likeness (QED) is 0.214. The Kier molecular flexibility index (Phi) is 6.93. The van der Waals surface area contributed by atoms with Gasteiger partial charge in [-0.2, -0.15) is 0 Å². The molecular formula is C34H30N6O2. The molecule has 0 radical (unpaired) electrons. The smallest absolute Gasteiger partial charge is 0.161 e. The highest BCUT2D eigenvalue weighted by Gasteiger charge is 2.14. The number of piperidine rings is 1. The van der Waals surface area contributed by atoms with Gasteiger partial charge in [0.1, 0.15) is 22.7 Å². The lowest BCUT2D eigenvalue weighted by atomic mass is 10.0. The fraction of sp³-hybridized carbons (Fsp3) is 0.176. The number of rotatable bonds is 7. The van der Waals surface area contributed by atoms with Gasteiger partial charge >= 0.3 is 0 Å². The van der Waals surface area contributed by atoms with Crippen molar-refractivity contribution in [2.24, 2.45) is 0 Å². The highest BCUT2D eigenvalue weighted by molar-refractivity contribution is 6.01. The van der Waals surface area contributed by atoms with E-state index in [1.807, 2.05) is 42.5 Å². The molecule has 0 aliphatic carbocycles. The first-order chi connectivity index (χ1) is 20.7. The maximum absolute atomic E-state index is 6.15. The van der Waals surface area contributed by atoms with Crippen molar-refractivity contribution in [3.63, 3.8) is 0 Å². The lowest BCUT2D eigenvalue weighted by molar-refractivity contribution is 0.413. The summed E-state index contributed by atoms with van der Waals surface area (Å²) >= 11 is 0. The number of anilines is 3. The molecule has 0 bridgehead atoms. The van der Waals surface area contributed by atoms with Crippen LogP contribution in [0.25, 0.3) is 33.1 Å². The highest BCUT2D eigenvalue weighted by Crippen LogP contribution is 2.34. The predicted molar refractivity (Wildman–Crippen MR) is 167 cm³/mol. The van der Waals surface area contributed by atoms with Crippen molar-refractivity contribution < 1.29 is 9.47 Å². The van der Waals surface area contributed by atoms with Crippen LogP contribution in [-0.2, 0) is 0 Å². The third-order valence-electron chi connectivity index (χ3n) is 7.65. The number of pyridine rings is 2. The Labute approximate surface area is 244 Å². The van der Waals surface area contributed by atoms with Gasteiger partial charge in [0.25, 0.3) is 0 Å². The minimum absolute atomic E-state index is 0.625. The van der Waals surface area contributed by atoms with Crippen molar-refractivity contribution in [3.8, 4) is 28.5 Å². The first-order valence-corrected chi connectivity index (χ1v) is 14.2. The second-order valence-electron chi connectivity index (χ2n) is 10.3. The van der Waals surface area contributed by atoms with Crippen molar-refractivity contribution in [2.45, 2.75) is 19.3 Å². The molecule has 208 valence electrons. The Morgan fingerprint density at radius 2 is 1.55 bits per heavy atom. The molecule has 0 unspecified atom stereocenters. The third kappa shape index (κ3) is 5.14. The van der Waals surface area contributed by atoms with E-state index in [4.69, 9.17) is 9.47 Å². The second kappa shape index (κ2) is 11.3. The monoisotopic (exact) mass is 554 g/mol. The van der Waals surface area contributed by atoms with Gasteiger partial charge in [-0.1, -0.05) is 36.4 Å². The maximum Gasteiger partial charge on any atom is 0.161 e. The van der Waals surface area contributed by atoms with Crippen LogP contribution >= 0.6 is 0 Å². The molecule has 1 saturated heterocycles. The number of nitrogens with one attached hydrogen (secondary N) is 1. The Morgan fingerprint density at radius 1 is 0.762 bits per heavy atom. The molecule has 8 heteroatoms. The van der Waals surface area contributed by atoms with Crippen molar-refractivity contribution in [2.75, 3.05) is 30.4 Å². The number of hydrogen-bond donors (Lipinski definition) is 1. The molecule has 0 saturated carbocycles.